The summed E-state index contributed by atoms with van der Waals surface area (Å²) in [5, 5.41) is 19.3. The van der Waals surface area contributed by atoms with Gasteiger partial charge in [-0.3, -0.25) is 10.1 Å². The molecule has 60 valence electrons. The quantitative estimate of drug-likeness (QED) is 0.385. The van der Waals surface area contributed by atoms with Crippen LogP contribution in [0, 0.1) is 22.5 Å². The molecule has 0 saturated heterocycles. The van der Waals surface area contributed by atoms with Gasteiger partial charge in [0, 0.05) is 12.1 Å². The second-order valence-corrected chi connectivity index (χ2v) is 2.10. The van der Waals surface area contributed by atoms with E-state index in [1.807, 2.05) is 0 Å². The van der Waals surface area contributed by atoms with Crippen LogP contribution < -0.4 is 0 Å². The van der Waals surface area contributed by atoms with E-state index in [1.165, 1.54) is 12.1 Å². The lowest BCUT2D eigenvalue weighted by Crippen LogP contribution is -1.88. The highest BCUT2D eigenvalue weighted by Crippen LogP contribution is 2.21. The number of hydrogen-bond donors (Lipinski definition) is 1. The summed E-state index contributed by atoms with van der Waals surface area (Å²) in [7, 11) is 0. The summed E-state index contributed by atoms with van der Waals surface area (Å²) in [5.74, 6) is 2.01. The van der Waals surface area contributed by atoms with Crippen molar-refractivity contribution in [3.05, 3.63) is 33.9 Å². The largest absolute Gasteiger partial charge is 0.507 e. The number of aromatic hydroxyl groups is 1. The van der Waals surface area contributed by atoms with Gasteiger partial charge < -0.3 is 5.11 Å². The third kappa shape index (κ3) is 1.35. The Balaban J connectivity index is 3.25. The molecule has 0 aliphatic heterocycles. The van der Waals surface area contributed by atoms with E-state index in [-0.39, 0.29) is 17.0 Å². The third-order valence-corrected chi connectivity index (χ3v) is 1.35. The number of terminal acetylenes is 1. The highest BCUT2D eigenvalue weighted by Gasteiger charge is 2.07. The zero-order valence-electron chi connectivity index (χ0n) is 6.02. The standard InChI is InChI=1S/C8H5NO3/c1-2-6-5-7(9(11)12)3-4-8(6)10/h1,3-5,10H. The monoisotopic (exact) mass is 163 g/mol. The Labute approximate surface area is 68.6 Å². The molecule has 0 saturated carbocycles. The average molecular weight is 163 g/mol. The van der Waals surface area contributed by atoms with Crippen molar-refractivity contribution < 1.29 is 10.0 Å². The van der Waals surface area contributed by atoms with Crippen LogP contribution in [0.25, 0.3) is 0 Å². The summed E-state index contributed by atoms with van der Waals surface area (Å²) in [6, 6.07) is 3.54. The number of phenols is 1. The fourth-order valence-electron chi connectivity index (χ4n) is 0.753. The molecular weight excluding hydrogens is 158 g/mol. The molecule has 1 aromatic carbocycles. The van der Waals surface area contributed by atoms with Crippen molar-refractivity contribution in [1.82, 2.24) is 0 Å². The Kier molecular flexibility index (Phi) is 1.97. The predicted molar refractivity (Wildman–Crippen MR) is 42.7 cm³/mol. The zero-order valence-corrected chi connectivity index (χ0v) is 6.02. The van der Waals surface area contributed by atoms with Gasteiger partial charge in [-0.05, 0) is 6.07 Å². The third-order valence-electron chi connectivity index (χ3n) is 1.35. The first-order chi connectivity index (χ1) is 5.65. The highest BCUT2D eigenvalue weighted by molar-refractivity contribution is 5.50. The molecule has 12 heavy (non-hydrogen) atoms. The summed E-state index contributed by atoms with van der Waals surface area (Å²) in [6.07, 6.45) is 4.99. The number of non-ortho nitro benzene ring substituents is 1. The van der Waals surface area contributed by atoms with Gasteiger partial charge in [-0.15, -0.1) is 6.42 Å². The number of nitrogens with zero attached hydrogens (tertiary/aromatic N) is 1. The summed E-state index contributed by atoms with van der Waals surface area (Å²) in [6.45, 7) is 0. The lowest BCUT2D eigenvalue weighted by Gasteiger charge is -1.95. The molecular formula is C8H5NO3. The molecule has 4 heteroatoms. The van der Waals surface area contributed by atoms with Crippen molar-refractivity contribution in [2.75, 3.05) is 0 Å². The SMILES string of the molecule is C#Cc1cc([N+](=O)[O-])ccc1O. The van der Waals surface area contributed by atoms with E-state index in [0.717, 1.165) is 6.07 Å². The molecule has 0 aliphatic rings. The van der Waals surface area contributed by atoms with Gasteiger partial charge in [0.05, 0.1) is 10.5 Å². The minimum absolute atomic E-state index is 0.122. The molecule has 0 bridgehead atoms. The van der Waals surface area contributed by atoms with Crippen LogP contribution in [0.3, 0.4) is 0 Å². The predicted octanol–water partition coefficient (Wildman–Crippen LogP) is 1.28. The van der Waals surface area contributed by atoms with Crippen LogP contribution >= 0.6 is 0 Å². The van der Waals surface area contributed by atoms with Gasteiger partial charge in [-0.1, -0.05) is 5.92 Å². The Morgan fingerprint density at radius 2 is 2.25 bits per heavy atom. The molecule has 4 nitrogen and oxygen atoms in total. The van der Waals surface area contributed by atoms with Crippen molar-refractivity contribution in [2.45, 2.75) is 0 Å². The number of phenolic OH excluding ortho intramolecular Hbond substituents is 1. The van der Waals surface area contributed by atoms with Gasteiger partial charge in [-0.2, -0.15) is 0 Å². The van der Waals surface area contributed by atoms with Crippen molar-refractivity contribution in [3.8, 4) is 18.1 Å². The fraction of sp³-hybridized carbons (Fsp3) is 0. The van der Waals surface area contributed by atoms with Crippen molar-refractivity contribution in [2.24, 2.45) is 0 Å². The van der Waals surface area contributed by atoms with Crippen molar-refractivity contribution >= 4 is 5.69 Å². The first-order valence-corrected chi connectivity index (χ1v) is 3.09. The van der Waals surface area contributed by atoms with Gasteiger partial charge in [0.2, 0.25) is 0 Å². The topological polar surface area (TPSA) is 63.4 Å². The molecule has 0 unspecified atom stereocenters. The maximum absolute atomic E-state index is 10.2. The summed E-state index contributed by atoms with van der Waals surface area (Å²) in [5.41, 5.74) is 0.00458. The molecule has 0 radical (unpaired) electrons. The number of nitro benzene ring substituents is 1. The second kappa shape index (κ2) is 2.93. The molecule has 0 aliphatic carbocycles. The smallest absolute Gasteiger partial charge is 0.270 e. The number of benzene rings is 1. The number of nitro groups is 1. The van der Waals surface area contributed by atoms with Gasteiger partial charge in [0.1, 0.15) is 5.75 Å². The van der Waals surface area contributed by atoms with E-state index in [4.69, 9.17) is 11.5 Å². The van der Waals surface area contributed by atoms with Gasteiger partial charge in [-0.25, -0.2) is 0 Å². The summed E-state index contributed by atoms with van der Waals surface area (Å²) in [4.78, 5) is 9.67. The van der Waals surface area contributed by atoms with Crippen LogP contribution in [-0.2, 0) is 0 Å². The van der Waals surface area contributed by atoms with E-state index >= 15 is 0 Å². The van der Waals surface area contributed by atoms with E-state index < -0.39 is 4.92 Å². The average Bonchev–Trinajstić information content (AvgIpc) is 2.05. The zero-order chi connectivity index (χ0) is 9.14. The van der Waals surface area contributed by atoms with E-state index in [0.29, 0.717) is 0 Å². The lowest BCUT2D eigenvalue weighted by molar-refractivity contribution is -0.384. The van der Waals surface area contributed by atoms with E-state index in [9.17, 15) is 10.1 Å². The molecule has 1 N–H and O–H groups in total. The molecule has 1 rings (SSSR count). The van der Waals surface area contributed by atoms with Gasteiger partial charge in [0.15, 0.2) is 0 Å². The summed E-state index contributed by atoms with van der Waals surface area (Å²) >= 11 is 0. The Morgan fingerprint density at radius 3 is 2.75 bits per heavy atom. The van der Waals surface area contributed by atoms with E-state index in [1.54, 1.807) is 0 Å². The number of rotatable bonds is 1. The molecule has 0 aromatic heterocycles. The maximum Gasteiger partial charge on any atom is 0.270 e. The molecule has 1 aromatic rings. The van der Waals surface area contributed by atoms with Crippen molar-refractivity contribution in [1.29, 1.82) is 0 Å². The van der Waals surface area contributed by atoms with E-state index in [2.05, 4.69) is 5.92 Å². The minimum atomic E-state index is -0.569. The first-order valence-electron chi connectivity index (χ1n) is 3.09. The van der Waals surface area contributed by atoms with Gasteiger partial charge >= 0.3 is 0 Å². The van der Waals surface area contributed by atoms with Crippen molar-refractivity contribution in [3.63, 3.8) is 0 Å². The molecule has 0 atom stereocenters. The Bertz CT molecular complexity index is 365. The van der Waals surface area contributed by atoms with Gasteiger partial charge in [0.25, 0.3) is 5.69 Å². The lowest BCUT2D eigenvalue weighted by atomic mass is 10.2. The minimum Gasteiger partial charge on any atom is -0.507 e. The molecule has 0 fully saturated rings. The van der Waals surface area contributed by atoms with Crippen LogP contribution in [-0.4, -0.2) is 10.0 Å². The van der Waals surface area contributed by atoms with Crippen LogP contribution in [0.2, 0.25) is 0 Å². The van der Waals surface area contributed by atoms with Crippen LogP contribution in [0.4, 0.5) is 5.69 Å². The summed E-state index contributed by atoms with van der Waals surface area (Å²) < 4.78 is 0. The Hall–Kier alpha value is -2.02. The first kappa shape index (κ1) is 8.08. The Morgan fingerprint density at radius 1 is 1.58 bits per heavy atom. The fourth-order valence-corrected chi connectivity index (χ4v) is 0.753. The maximum atomic E-state index is 10.2. The highest BCUT2D eigenvalue weighted by atomic mass is 16.6. The molecule has 0 amide bonds. The van der Waals surface area contributed by atoms with Crippen LogP contribution in [0.1, 0.15) is 5.56 Å². The normalized spacial score (nSPS) is 8.92. The second-order valence-electron chi connectivity index (χ2n) is 2.10. The number of hydrogen-bond acceptors (Lipinski definition) is 3. The molecule has 0 spiro atoms. The van der Waals surface area contributed by atoms with Crippen LogP contribution in [0.5, 0.6) is 5.75 Å². The molecule has 0 heterocycles. The van der Waals surface area contributed by atoms with Crippen LogP contribution in [0.15, 0.2) is 18.2 Å².